The highest BCUT2D eigenvalue weighted by Crippen LogP contribution is 2.55. The van der Waals surface area contributed by atoms with Gasteiger partial charge in [0.25, 0.3) is 0 Å². The van der Waals surface area contributed by atoms with Gasteiger partial charge in [-0.15, -0.1) is 0 Å². The van der Waals surface area contributed by atoms with Crippen LogP contribution in [0.5, 0.6) is 0 Å². The van der Waals surface area contributed by atoms with E-state index in [1.54, 1.807) is 19.4 Å². The van der Waals surface area contributed by atoms with E-state index in [-0.39, 0.29) is 23.8 Å². The Morgan fingerprint density at radius 2 is 1.97 bits per heavy atom. The van der Waals surface area contributed by atoms with Gasteiger partial charge in [0.05, 0.1) is 25.0 Å². The number of ether oxygens (including phenoxy) is 3. The maximum atomic E-state index is 14.7. The van der Waals surface area contributed by atoms with Gasteiger partial charge in [-0.05, 0) is 54.5 Å². The Balaban J connectivity index is 1.37. The molecular weight excluding hydrogens is 400 g/mol. The molecule has 1 aromatic carbocycles. The van der Waals surface area contributed by atoms with Crippen LogP contribution in [0.3, 0.4) is 0 Å². The van der Waals surface area contributed by atoms with Crippen molar-refractivity contribution in [2.45, 2.75) is 37.3 Å². The number of halogens is 2. The summed E-state index contributed by atoms with van der Waals surface area (Å²) < 4.78 is 45.7. The molecule has 0 amide bonds. The third-order valence-corrected chi connectivity index (χ3v) is 7.05. The predicted molar refractivity (Wildman–Crippen MR) is 113 cm³/mol. The summed E-state index contributed by atoms with van der Waals surface area (Å²) in [4.78, 5) is 4.52. The first kappa shape index (κ1) is 20.7. The van der Waals surface area contributed by atoms with Gasteiger partial charge in [0.15, 0.2) is 5.79 Å². The summed E-state index contributed by atoms with van der Waals surface area (Å²) in [6.07, 6.45) is 6.39. The molecule has 1 saturated heterocycles. The van der Waals surface area contributed by atoms with Crippen LogP contribution < -0.4 is 0 Å². The minimum atomic E-state index is -0.970. The van der Waals surface area contributed by atoms with Crippen molar-refractivity contribution in [2.75, 3.05) is 20.3 Å². The Labute approximate surface area is 181 Å². The first-order valence-electron chi connectivity index (χ1n) is 10.9. The fourth-order valence-corrected chi connectivity index (χ4v) is 5.59. The Kier molecular flexibility index (Phi) is 5.63. The van der Waals surface area contributed by atoms with Crippen LogP contribution in [0.4, 0.5) is 8.78 Å². The van der Waals surface area contributed by atoms with Crippen molar-refractivity contribution in [1.82, 2.24) is 4.98 Å². The van der Waals surface area contributed by atoms with Gasteiger partial charge in [-0.1, -0.05) is 24.3 Å². The number of fused-ring (bicyclic) bond motifs is 1. The molecule has 3 fully saturated rings. The van der Waals surface area contributed by atoms with Crippen LogP contribution in [0.1, 0.15) is 25.0 Å². The molecule has 0 N–H and O–H groups in total. The van der Waals surface area contributed by atoms with Crippen molar-refractivity contribution in [3.63, 3.8) is 0 Å². The van der Waals surface area contributed by atoms with Crippen molar-refractivity contribution in [3.05, 3.63) is 60.2 Å². The minimum absolute atomic E-state index is 0.0271. The van der Waals surface area contributed by atoms with E-state index in [4.69, 9.17) is 14.2 Å². The van der Waals surface area contributed by atoms with Gasteiger partial charge < -0.3 is 14.2 Å². The lowest BCUT2D eigenvalue weighted by Gasteiger charge is -2.35. The Bertz CT molecular complexity index is 942. The molecule has 1 aliphatic heterocycles. The molecule has 2 saturated carbocycles. The predicted octanol–water partition coefficient (Wildman–Crippen LogP) is 5.04. The molecule has 5 atom stereocenters. The zero-order valence-corrected chi connectivity index (χ0v) is 17.5. The zero-order valence-electron chi connectivity index (χ0n) is 17.5. The quantitative estimate of drug-likeness (QED) is 0.685. The lowest BCUT2D eigenvalue weighted by atomic mass is 9.75. The SMILES string of the molecule is CO[C@H]1C[C@@H]2CC3(OCCO3)[C@@H](/C=C/c3ccc(-c4cccc(F)c4)cn3)[C@@H]2C[C@@H]1F. The van der Waals surface area contributed by atoms with Crippen LogP contribution in [0.15, 0.2) is 48.7 Å². The van der Waals surface area contributed by atoms with Crippen LogP contribution in [0, 0.1) is 23.6 Å². The fourth-order valence-electron chi connectivity index (χ4n) is 5.59. The van der Waals surface area contributed by atoms with E-state index in [1.165, 1.54) is 12.1 Å². The second-order valence-corrected chi connectivity index (χ2v) is 8.77. The van der Waals surface area contributed by atoms with E-state index < -0.39 is 12.0 Å². The van der Waals surface area contributed by atoms with Crippen molar-refractivity contribution in [2.24, 2.45) is 17.8 Å². The second-order valence-electron chi connectivity index (χ2n) is 8.77. The largest absolute Gasteiger partial charge is 0.378 e. The lowest BCUT2D eigenvalue weighted by molar-refractivity contribution is -0.175. The van der Waals surface area contributed by atoms with Gasteiger partial charge in [0.2, 0.25) is 0 Å². The summed E-state index contributed by atoms with van der Waals surface area (Å²) in [5.74, 6) is -0.500. The van der Waals surface area contributed by atoms with Crippen molar-refractivity contribution >= 4 is 6.08 Å². The van der Waals surface area contributed by atoms with Gasteiger partial charge in [-0.2, -0.15) is 0 Å². The Hall–Kier alpha value is -2.15. The molecule has 2 heterocycles. The standard InChI is InChI=1S/C25H27F2NO3/c1-29-24-12-18-14-25(30-9-10-31-25)22(21(18)13-23(24)27)8-7-20-6-5-17(15-28-20)16-3-2-4-19(26)11-16/h2-8,11,15,18,21-24H,9-10,12-14H2,1H3/b8-7+/t18-,21-,22+,23+,24+/m1/s1. The van der Waals surface area contributed by atoms with Gasteiger partial charge in [-0.3, -0.25) is 4.98 Å². The van der Waals surface area contributed by atoms with Gasteiger partial charge in [0.1, 0.15) is 12.0 Å². The summed E-state index contributed by atoms with van der Waals surface area (Å²) in [5, 5.41) is 0. The molecular formula is C25H27F2NO3. The first-order chi connectivity index (χ1) is 15.1. The fraction of sp³-hybridized carbons (Fsp3) is 0.480. The first-order valence-corrected chi connectivity index (χ1v) is 10.9. The molecule has 6 heteroatoms. The van der Waals surface area contributed by atoms with Crippen molar-refractivity contribution < 1.29 is 23.0 Å². The molecule has 31 heavy (non-hydrogen) atoms. The van der Waals surface area contributed by atoms with E-state index in [1.807, 2.05) is 24.3 Å². The molecule has 0 unspecified atom stereocenters. The molecule has 2 aromatic rings. The Morgan fingerprint density at radius 1 is 1.13 bits per heavy atom. The molecule has 3 aliphatic rings. The van der Waals surface area contributed by atoms with E-state index in [0.29, 0.717) is 32.0 Å². The number of nitrogens with zero attached hydrogens (tertiary/aromatic N) is 1. The molecule has 2 aliphatic carbocycles. The molecule has 1 aromatic heterocycles. The number of hydrogen-bond acceptors (Lipinski definition) is 4. The Morgan fingerprint density at radius 3 is 2.68 bits per heavy atom. The number of alkyl halides is 1. The monoisotopic (exact) mass is 427 g/mol. The van der Waals surface area contributed by atoms with Crippen LogP contribution in [-0.4, -0.2) is 43.4 Å². The number of benzene rings is 1. The van der Waals surface area contributed by atoms with Gasteiger partial charge in [0, 0.05) is 31.2 Å². The number of aromatic nitrogens is 1. The summed E-state index contributed by atoms with van der Waals surface area (Å²) >= 11 is 0. The number of methoxy groups -OCH3 is 1. The number of hydrogen-bond donors (Lipinski definition) is 0. The topological polar surface area (TPSA) is 40.6 Å². The minimum Gasteiger partial charge on any atom is -0.378 e. The summed E-state index contributed by atoms with van der Waals surface area (Å²) in [5.41, 5.74) is 2.44. The van der Waals surface area contributed by atoms with E-state index in [0.717, 1.165) is 23.2 Å². The van der Waals surface area contributed by atoms with Crippen molar-refractivity contribution in [1.29, 1.82) is 0 Å². The van der Waals surface area contributed by atoms with E-state index in [9.17, 15) is 8.78 Å². The average Bonchev–Trinajstić information content (AvgIpc) is 3.36. The molecule has 164 valence electrons. The zero-order chi connectivity index (χ0) is 21.4. The average molecular weight is 427 g/mol. The van der Waals surface area contributed by atoms with Gasteiger partial charge in [-0.25, -0.2) is 8.78 Å². The highest BCUT2D eigenvalue weighted by Gasteiger charge is 2.58. The maximum Gasteiger partial charge on any atom is 0.175 e. The highest BCUT2D eigenvalue weighted by atomic mass is 19.1. The molecule has 0 radical (unpaired) electrons. The molecule has 0 bridgehead atoms. The number of pyridine rings is 1. The molecule has 4 nitrogen and oxygen atoms in total. The van der Waals surface area contributed by atoms with E-state index >= 15 is 0 Å². The van der Waals surface area contributed by atoms with Crippen molar-refractivity contribution in [3.8, 4) is 11.1 Å². The second kappa shape index (κ2) is 8.41. The van der Waals surface area contributed by atoms with Crippen LogP contribution >= 0.6 is 0 Å². The summed E-state index contributed by atoms with van der Waals surface area (Å²) in [6, 6.07) is 10.3. The molecule has 5 rings (SSSR count). The van der Waals surface area contributed by atoms with Crippen LogP contribution in [0.2, 0.25) is 0 Å². The van der Waals surface area contributed by atoms with Crippen LogP contribution in [0.25, 0.3) is 17.2 Å². The smallest absolute Gasteiger partial charge is 0.175 e. The number of rotatable bonds is 4. The molecule has 1 spiro atoms. The van der Waals surface area contributed by atoms with Crippen LogP contribution in [-0.2, 0) is 14.2 Å². The summed E-state index contributed by atoms with van der Waals surface area (Å²) in [7, 11) is 1.58. The highest BCUT2D eigenvalue weighted by molar-refractivity contribution is 5.63. The summed E-state index contributed by atoms with van der Waals surface area (Å²) in [6.45, 7) is 1.13. The third-order valence-electron chi connectivity index (χ3n) is 7.05. The van der Waals surface area contributed by atoms with Gasteiger partial charge >= 0.3 is 0 Å². The maximum absolute atomic E-state index is 14.7. The third kappa shape index (κ3) is 3.93. The van der Waals surface area contributed by atoms with E-state index in [2.05, 4.69) is 11.1 Å². The lowest BCUT2D eigenvalue weighted by Crippen LogP contribution is -2.39. The normalized spacial score (nSPS) is 32.0.